The molecule has 0 aliphatic rings. The predicted octanol–water partition coefficient (Wildman–Crippen LogP) is 11.2. The molecule has 3 nitrogen and oxygen atoms in total. The lowest BCUT2D eigenvalue weighted by atomic mass is 9.88. The van der Waals surface area contributed by atoms with E-state index in [1.807, 2.05) is 30.6 Å². The van der Waals surface area contributed by atoms with Crippen LogP contribution in [0.5, 0.6) is 0 Å². The van der Waals surface area contributed by atoms with Gasteiger partial charge in [-0.25, -0.2) is 9.97 Å². The maximum Gasteiger partial charge on any atom is 0.160 e. The summed E-state index contributed by atoms with van der Waals surface area (Å²) in [5.74, 6) is 0.699. The molecular formula is C43H27N3. The molecule has 0 unspecified atom stereocenters. The van der Waals surface area contributed by atoms with Crippen LogP contribution in [-0.4, -0.2) is 15.0 Å². The van der Waals surface area contributed by atoms with Gasteiger partial charge in [0.2, 0.25) is 0 Å². The maximum absolute atomic E-state index is 5.28. The minimum absolute atomic E-state index is 0.699. The highest BCUT2D eigenvalue weighted by Crippen LogP contribution is 2.43. The smallest absolute Gasteiger partial charge is 0.160 e. The van der Waals surface area contributed by atoms with E-state index in [2.05, 4.69) is 138 Å². The Balaban J connectivity index is 1.33. The van der Waals surface area contributed by atoms with Crippen LogP contribution >= 0.6 is 0 Å². The minimum Gasteiger partial charge on any atom is -0.265 e. The van der Waals surface area contributed by atoms with E-state index in [4.69, 9.17) is 9.97 Å². The Morgan fingerprint density at radius 2 is 0.826 bits per heavy atom. The van der Waals surface area contributed by atoms with Gasteiger partial charge < -0.3 is 0 Å². The molecule has 9 rings (SSSR count). The van der Waals surface area contributed by atoms with E-state index in [0.717, 1.165) is 39.2 Å². The highest BCUT2D eigenvalue weighted by atomic mass is 14.9. The van der Waals surface area contributed by atoms with Crippen molar-refractivity contribution in [3.05, 3.63) is 164 Å². The zero-order valence-corrected chi connectivity index (χ0v) is 24.9. The number of hydrogen-bond donors (Lipinski definition) is 0. The highest BCUT2D eigenvalue weighted by Gasteiger charge is 2.17. The number of hydrogen-bond acceptors (Lipinski definition) is 3. The van der Waals surface area contributed by atoms with Crippen LogP contribution in [0.25, 0.3) is 88.1 Å². The molecule has 0 atom stereocenters. The molecule has 0 amide bonds. The Morgan fingerprint density at radius 3 is 1.52 bits per heavy atom. The predicted molar refractivity (Wildman–Crippen MR) is 192 cm³/mol. The summed E-state index contributed by atoms with van der Waals surface area (Å²) in [6, 6.07) is 53.6. The van der Waals surface area contributed by atoms with Crippen LogP contribution in [0.1, 0.15) is 0 Å². The van der Waals surface area contributed by atoms with Crippen molar-refractivity contribution >= 4 is 43.1 Å². The Labute approximate surface area is 266 Å². The fourth-order valence-corrected chi connectivity index (χ4v) is 6.81. The topological polar surface area (TPSA) is 38.7 Å². The van der Waals surface area contributed by atoms with Gasteiger partial charge in [-0.05, 0) is 78.5 Å². The molecule has 0 bridgehead atoms. The lowest BCUT2D eigenvalue weighted by molar-refractivity contribution is 1.19. The molecule has 0 aliphatic heterocycles. The SMILES string of the molecule is c1ccc(-c2cc(-c3cc4c5ccccc5c5ccccc5c4c4ccccc34)nc(-c3ccc(-c4ccncc4)cc3)n2)cc1. The van der Waals surface area contributed by atoms with Gasteiger partial charge in [0.1, 0.15) is 0 Å². The number of fused-ring (bicyclic) bond motifs is 8. The van der Waals surface area contributed by atoms with Gasteiger partial charge in [-0.3, -0.25) is 4.98 Å². The quantitative estimate of drug-likeness (QED) is 0.193. The molecule has 0 aliphatic carbocycles. The molecule has 0 radical (unpaired) electrons. The van der Waals surface area contributed by atoms with Gasteiger partial charge in [-0.1, -0.05) is 127 Å². The van der Waals surface area contributed by atoms with Crippen LogP contribution in [0.4, 0.5) is 0 Å². The lowest BCUT2D eigenvalue weighted by Gasteiger charge is -2.16. The Hall–Kier alpha value is -6.19. The van der Waals surface area contributed by atoms with Crippen LogP contribution < -0.4 is 0 Å². The zero-order chi connectivity index (χ0) is 30.5. The summed E-state index contributed by atoms with van der Waals surface area (Å²) < 4.78 is 0. The number of aromatic nitrogens is 3. The van der Waals surface area contributed by atoms with Gasteiger partial charge in [0.25, 0.3) is 0 Å². The molecule has 2 heterocycles. The first-order valence-electron chi connectivity index (χ1n) is 15.5. The summed E-state index contributed by atoms with van der Waals surface area (Å²) in [5, 5.41) is 9.94. The van der Waals surface area contributed by atoms with Crippen LogP contribution in [-0.2, 0) is 0 Å². The van der Waals surface area contributed by atoms with E-state index < -0.39 is 0 Å². The average molecular weight is 586 g/mol. The molecule has 46 heavy (non-hydrogen) atoms. The summed E-state index contributed by atoms with van der Waals surface area (Å²) in [6.45, 7) is 0. The first-order valence-corrected chi connectivity index (χ1v) is 15.5. The second-order valence-electron chi connectivity index (χ2n) is 11.6. The van der Waals surface area contributed by atoms with Crippen LogP contribution in [0, 0.1) is 0 Å². The van der Waals surface area contributed by atoms with Gasteiger partial charge in [-0.2, -0.15) is 0 Å². The van der Waals surface area contributed by atoms with Crippen molar-refractivity contribution in [1.29, 1.82) is 0 Å². The van der Waals surface area contributed by atoms with Gasteiger partial charge in [0, 0.05) is 29.1 Å². The van der Waals surface area contributed by atoms with E-state index in [1.165, 1.54) is 43.1 Å². The first-order chi connectivity index (χ1) is 22.8. The van der Waals surface area contributed by atoms with E-state index >= 15 is 0 Å². The van der Waals surface area contributed by atoms with E-state index in [1.54, 1.807) is 0 Å². The van der Waals surface area contributed by atoms with Crippen molar-refractivity contribution in [3.63, 3.8) is 0 Å². The molecule has 7 aromatic carbocycles. The second kappa shape index (κ2) is 10.8. The lowest BCUT2D eigenvalue weighted by Crippen LogP contribution is -1.97. The van der Waals surface area contributed by atoms with Gasteiger partial charge in [0.15, 0.2) is 5.82 Å². The van der Waals surface area contributed by atoms with Crippen molar-refractivity contribution in [3.8, 4) is 45.0 Å². The summed E-state index contributed by atoms with van der Waals surface area (Å²) in [4.78, 5) is 14.6. The Kier molecular flexibility index (Phi) is 6.14. The van der Waals surface area contributed by atoms with Crippen molar-refractivity contribution < 1.29 is 0 Å². The third-order valence-electron chi connectivity index (χ3n) is 8.98. The Bertz CT molecular complexity index is 2560. The number of rotatable bonds is 4. The fourth-order valence-electron chi connectivity index (χ4n) is 6.81. The van der Waals surface area contributed by atoms with Crippen molar-refractivity contribution in [2.45, 2.75) is 0 Å². The van der Waals surface area contributed by atoms with Crippen molar-refractivity contribution in [2.24, 2.45) is 0 Å². The maximum atomic E-state index is 5.28. The summed E-state index contributed by atoms with van der Waals surface area (Å²) in [7, 11) is 0. The molecule has 214 valence electrons. The summed E-state index contributed by atoms with van der Waals surface area (Å²) in [6.07, 6.45) is 3.64. The first kappa shape index (κ1) is 26.2. The Morgan fingerprint density at radius 1 is 0.326 bits per heavy atom. The molecule has 0 fully saturated rings. The average Bonchev–Trinajstić information content (AvgIpc) is 3.15. The van der Waals surface area contributed by atoms with E-state index in [-0.39, 0.29) is 0 Å². The zero-order valence-electron chi connectivity index (χ0n) is 24.9. The van der Waals surface area contributed by atoms with Crippen LogP contribution in [0.2, 0.25) is 0 Å². The molecule has 0 spiro atoms. The summed E-state index contributed by atoms with van der Waals surface area (Å²) >= 11 is 0. The van der Waals surface area contributed by atoms with Crippen LogP contribution in [0.15, 0.2) is 164 Å². The third kappa shape index (κ3) is 4.33. The fraction of sp³-hybridized carbons (Fsp3) is 0. The van der Waals surface area contributed by atoms with Crippen LogP contribution in [0.3, 0.4) is 0 Å². The molecule has 0 saturated heterocycles. The molecule has 0 saturated carbocycles. The van der Waals surface area contributed by atoms with E-state index in [9.17, 15) is 0 Å². The largest absolute Gasteiger partial charge is 0.265 e. The molecule has 9 aromatic rings. The number of benzene rings is 7. The molecular weight excluding hydrogens is 558 g/mol. The molecule has 3 heteroatoms. The summed E-state index contributed by atoms with van der Waals surface area (Å²) in [5.41, 5.74) is 7.18. The normalized spacial score (nSPS) is 11.5. The van der Waals surface area contributed by atoms with Gasteiger partial charge in [0.05, 0.1) is 11.4 Å². The standard InChI is InChI=1S/C43H27N3/c1-2-10-30(11-3-1)40-27-41(46-43(45-40)31-20-18-28(19-21-31)29-22-24-44-25-23-29)38-26-39-34-14-5-4-12-32(34)33-13-6-8-16-36(33)42(39)37-17-9-7-15-35(37)38/h1-27H. The number of pyridine rings is 1. The van der Waals surface area contributed by atoms with Crippen molar-refractivity contribution in [2.75, 3.05) is 0 Å². The highest BCUT2D eigenvalue weighted by molar-refractivity contribution is 6.32. The van der Waals surface area contributed by atoms with E-state index in [0.29, 0.717) is 5.82 Å². The number of nitrogens with zero attached hydrogens (tertiary/aromatic N) is 3. The monoisotopic (exact) mass is 585 g/mol. The van der Waals surface area contributed by atoms with Gasteiger partial charge in [-0.15, -0.1) is 0 Å². The van der Waals surface area contributed by atoms with Crippen molar-refractivity contribution in [1.82, 2.24) is 15.0 Å². The van der Waals surface area contributed by atoms with Gasteiger partial charge >= 0.3 is 0 Å². The molecule has 0 N–H and O–H groups in total. The molecule has 2 aromatic heterocycles. The minimum atomic E-state index is 0.699. The third-order valence-corrected chi connectivity index (χ3v) is 8.98. The second-order valence-corrected chi connectivity index (χ2v) is 11.6.